The van der Waals surface area contributed by atoms with Gasteiger partial charge < -0.3 is 9.84 Å². The maximum atomic E-state index is 11.1. The maximum Gasteiger partial charge on any atom is 0.335 e. The van der Waals surface area contributed by atoms with Crippen LogP contribution < -0.4 is 4.74 Å². The van der Waals surface area contributed by atoms with E-state index in [1.807, 2.05) is 0 Å². The summed E-state index contributed by atoms with van der Waals surface area (Å²) in [5.74, 6) is -0.336. The fraction of sp³-hybridized carbons (Fsp3) is 0.333. The van der Waals surface area contributed by atoms with Gasteiger partial charge in [-0.15, -0.1) is 0 Å². The molecule has 5 nitrogen and oxygen atoms in total. The van der Waals surface area contributed by atoms with Crippen molar-refractivity contribution in [1.29, 1.82) is 0 Å². The van der Waals surface area contributed by atoms with Crippen LogP contribution in [0.5, 0.6) is 5.75 Å². The van der Waals surface area contributed by atoms with E-state index >= 15 is 0 Å². The van der Waals surface area contributed by atoms with Gasteiger partial charge in [0.25, 0.3) is 0 Å². The molecule has 0 unspecified atom stereocenters. The number of aromatic nitrogens is 2. The van der Waals surface area contributed by atoms with Crippen LogP contribution in [-0.4, -0.2) is 28.4 Å². The zero-order valence-electron chi connectivity index (χ0n) is 12.0. The third-order valence-corrected chi connectivity index (χ3v) is 3.13. The number of rotatable bonds is 3. The first kappa shape index (κ1) is 14.1. The highest BCUT2D eigenvalue weighted by Gasteiger charge is 2.23. The molecule has 5 heteroatoms. The zero-order chi connectivity index (χ0) is 14.9. The van der Waals surface area contributed by atoms with Crippen molar-refractivity contribution >= 4 is 5.97 Å². The lowest BCUT2D eigenvalue weighted by Crippen LogP contribution is -2.13. The molecule has 0 spiro atoms. The number of aromatic carboxylic acids is 1. The first-order chi connectivity index (χ1) is 9.34. The minimum absolute atomic E-state index is 0.129. The Hall–Kier alpha value is -2.30. The van der Waals surface area contributed by atoms with Gasteiger partial charge in [0.1, 0.15) is 5.75 Å². The second-order valence-corrected chi connectivity index (χ2v) is 5.63. The van der Waals surface area contributed by atoms with Crippen LogP contribution in [0.25, 0.3) is 11.1 Å². The maximum absolute atomic E-state index is 11.1. The number of carboxylic acid groups (broad SMARTS) is 1. The summed E-state index contributed by atoms with van der Waals surface area (Å²) in [6, 6.07) is 4.81. The fourth-order valence-corrected chi connectivity index (χ4v) is 2.11. The topological polar surface area (TPSA) is 75.2 Å². The Morgan fingerprint density at radius 1 is 1.30 bits per heavy atom. The van der Waals surface area contributed by atoms with E-state index < -0.39 is 5.97 Å². The van der Waals surface area contributed by atoms with Crippen molar-refractivity contribution in [3.8, 4) is 16.9 Å². The van der Waals surface area contributed by atoms with Crippen LogP contribution >= 0.6 is 0 Å². The molecule has 0 aliphatic heterocycles. The lowest BCUT2D eigenvalue weighted by atomic mass is 9.87. The Morgan fingerprint density at radius 2 is 2.00 bits per heavy atom. The molecule has 1 aromatic carbocycles. The molecule has 2 N–H and O–H groups in total. The van der Waals surface area contributed by atoms with Crippen LogP contribution in [0.1, 0.15) is 36.8 Å². The molecule has 2 rings (SSSR count). The Bertz CT molecular complexity index is 639. The highest BCUT2D eigenvalue weighted by molar-refractivity contribution is 5.90. The summed E-state index contributed by atoms with van der Waals surface area (Å²) in [7, 11) is 1.57. The number of H-pyrrole nitrogens is 1. The van der Waals surface area contributed by atoms with Crippen molar-refractivity contribution in [3.63, 3.8) is 0 Å². The molecule has 20 heavy (non-hydrogen) atoms. The summed E-state index contributed by atoms with van der Waals surface area (Å²) in [5.41, 5.74) is 2.62. The Balaban J connectivity index is 2.65. The average Bonchev–Trinajstić information content (AvgIpc) is 2.86. The molecule has 0 atom stereocenters. The number of nitrogens with zero attached hydrogens (tertiary/aromatic N) is 1. The van der Waals surface area contributed by atoms with E-state index in [1.165, 1.54) is 6.07 Å². The van der Waals surface area contributed by atoms with Crippen LogP contribution in [0.3, 0.4) is 0 Å². The lowest BCUT2D eigenvalue weighted by Gasteiger charge is -2.19. The molecule has 1 heterocycles. The van der Waals surface area contributed by atoms with Crippen LogP contribution in [0.15, 0.2) is 24.4 Å². The molecular formula is C15H18N2O3. The second kappa shape index (κ2) is 5.00. The van der Waals surface area contributed by atoms with Crippen molar-refractivity contribution in [2.75, 3.05) is 7.11 Å². The van der Waals surface area contributed by atoms with E-state index in [2.05, 4.69) is 31.0 Å². The number of aromatic amines is 1. The van der Waals surface area contributed by atoms with Crippen molar-refractivity contribution < 1.29 is 14.6 Å². The summed E-state index contributed by atoms with van der Waals surface area (Å²) in [5, 5.41) is 16.2. The molecule has 0 aliphatic rings. The quantitative estimate of drug-likeness (QED) is 0.901. The summed E-state index contributed by atoms with van der Waals surface area (Å²) < 4.78 is 5.34. The van der Waals surface area contributed by atoms with Crippen molar-refractivity contribution in [1.82, 2.24) is 10.2 Å². The molecular weight excluding hydrogens is 256 g/mol. The smallest absolute Gasteiger partial charge is 0.335 e. The molecule has 106 valence electrons. The van der Waals surface area contributed by atoms with Crippen LogP contribution in [0, 0.1) is 0 Å². The molecule has 0 fully saturated rings. The van der Waals surface area contributed by atoms with Crippen LogP contribution in [0.4, 0.5) is 0 Å². The first-order valence-electron chi connectivity index (χ1n) is 6.30. The first-order valence-corrected chi connectivity index (χ1v) is 6.30. The van der Waals surface area contributed by atoms with Gasteiger partial charge in [0.05, 0.1) is 18.9 Å². The minimum atomic E-state index is -0.963. The highest BCUT2D eigenvalue weighted by Crippen LogP contribution is 2.36. The predicted octanol–water partition coefficient (Wildman–Crippen LogP) is 3.08. The third-order valence-electron chi connectivity index (χ3n) is 3.13. The van der Waals surface area contributed by atoms with Gasteiger partial charge in [-0.2, -0.15) is 5.10 Å². The Morgan fingerprint density at radius 3 is 2.55 bits per heavy atom. The molecule has 0 bridgehead atoms. The number of hydrogen-bond acceptors (Lipinski definition) is 3. The number of carbonyl (C=O) groups is 1. The van der Waals surface area contributed by atoms with Gasteiger partial charge in [0, 0.05) is 22.2 Å². The van der Waals surface area contributed by atoms with E-state index in [9.17, 15) is 4.79 Å². The molecule has 0 saturated carbocycles. The van der Waals surface area contributed by atoms with E-state index in [1.54, 1.807) is 25.4 Å². The van der Waals surface area contributed by atoms with Gasteiger partial charge in [-0.05, 0) is 18.2 Å². The number of ether oxygens (including phenoxy) is 1. The number of hydrogen-bond donors (Lipinski definition) is 2. The van der Waals surface area contributed by atoms with Gasteiger partial charge in [-0.3, -0.25) is 5.10 Å². The van der Waals surface area contributed by atoms with Crippen LogP contribution in [0.2, 0.25) is 0 Å². The predicted molar refractivity (Wildman–Crippen MR) is 76.2 cm³/mol. The van der Waals surface area contributed by atoms with Crippen molar-refractivity contribution in [2.24, 2.45) is 0 Å². The molecule has 0 radical (unpaired) electrons. The van der Waals surface area contributed by atoms with Crippen molar-refractivity contribution in [3.05, 3.63) is 35.7 Å². The van der Waals surface area contributed by atoms with E-state index in [-0.39, 0.29) is 11.0 Å². The summed E-state index contributed by atoms with van der Waals surface area (Å²) in [6.45, 7) is 6.20. The number of carboxylic acids is 1. The van der Waals surface area contributed by atoms with E-state index in [0.717, 1.165) is 16.8 Å². The summed E-state index contributed by atoms with van der Waals surface area (Å²) >= 11 is 0. The van der Waals surface area contributed by atoms with Gasteiger partial charge in [-0.1, -0.05) is 20.8 Å². The SMILES string of the molecule is COc1ccc(C(=O)O)cc1-c1cn[nH]c1C(C)(C)C. The summed E-state index contributed by atoms with van der Waals surface area (Å²) in [4.78, 5) is 11.1. The van der Waals surface area contributed by atoms with E-state index in [4.69, 9.17) is 9.84 Å². The van der Waals surface area contributed by atoms with Gasteiger partial charge >= 0.3 is 5.97 Å². The number of methoxy groups -OCH3 is 1. The van der Waals surface area contributed by atoms with Gasteiger partial charge in [0.15, 0.2) is 0 Å². The molecule has 1 aromatic heterocycles. The monoisotopic (exact) mass is 274 g/mol. The van der Waals surface area contributed by atoms with E-state index in [0.29, 0.717) is 5.75 Å². The fourth-order valence-electron chi connectivity index (χ4n) is 2.11. The average molecular weight is 274 g/mol. The lowest BCUT2D eigenvalue weighted by molar-refractivity contribution is 0.0697. The Labute approximate surface area is 117 Å². The number of benzene rings is 1. The van der Waals surface area contributed by atoms with Crippen molar-refractivity contribution in [2.45, 2.75) is 26.2 Å². The van der Waals surface area contributed by atoms with Gasteiger partial charge in [-0.25, -0.2) is 4.79 Å². The standard InChI is InChI=1S/C15H18N2O3/c1-15(2,3)13-11(8-16-17-13)10-7-9(14(18)19)5-6-12(10)20-4/h5-8H,1-4H3,(H,16,17)(H,18,19). The molecule has 0 saturated heterocycles. The number of nitrogens with one attached hydrogen (secondary N) is 1. The highest BCUT2D eigenvalue weighted by atomic mass is 16.5. The summed E-state index contributed by atoms with van der Waals surface area (Å²) in [6.07, 6.45) is 1.70. The normalized spacial score (nSPS) is 11.4. The van der Waals surface area contributed by atoms with Crippen LogP contribution in [-0.2, 0) is 5.41 Å². The Kier molecular flexibility index (Phi) is 3.53. The van der Waals surface area contributed by atoms with Gasteiger partial charge in [0.2, 0.25) is 0 Å². The third kappa shape index (κ3) is 2.52. The molecule has 0 amide bonds. The molecule has 2 aromatic rings. The zero-order valence-corrected chi connectivity index (χ0v) is 12.0. The molecule has 0 aliphatic carbocycles. The second-order valence-electron chi connectivity index (χ2n) is 5.63. The minimum Gasteiger partial charge on any atom is -0.496 e. The largest absolute Gasteiger partial charge is 0.496 e.